The van der Waals surface area contributed by atoms with Crippen LogP contribution in [-0.2, 0) is 11.3 Å². The van der Waals surface area contributed by atoms with Crippen molar-refractivity contribution in [3.63, 3.8) is 0 Å². The Balaban J connectivity index is 1.44. The smallest absolute Gasteiger partial charge is 0.229 e. The highest BCUT2D eigenvalue weighted by Crippen LogP contribution is 2.40. The Morgan fingerprint density at radius 3 is 2.88 bits per heavy atom. The molecule has 1 aromatic heterocycles. The first kappa shape index (κ1) is 15.8. The van der Waals surface area contributed by atoms with E-state index >= 15 is 0 Å². The summed E-state index contributed by atoms with van der Waals surface area (Å²) >= 11 is 1.76. The van der Waals surface area contributed by atoms with Crippen molar-refractivity contribution in [2.75, 3.05) is 26.7 Å². The van der Waals surface area contributed by atoms with E-state index in [1.165, 1.54) is 10.4 Å². The van der Waals surface area contributed by atoms with Crippen molar-refractivity contribution < 1.29 is 4.79 Å². The van der Waals surface area contributed by atoms with E-state index in [2.05, 4.69) is 22.0 Å². The molecule has 0 N–H and O–H groups in total. The highest BCUT2D eigenvalue weighted by atomic mass is 32.1. The van der Waals surface area contributed by atoms with Gasteiger partial charge in [0.1, 0.15) is 5.01 Å². The van der Waals surface area contributed by atoms with Crippen LogP contribution in [0, 0.1) is 5.41 Å². The van der Waals surface area contributed by atoms with Gasteiger partial charge in [0.2, 0.25) is 5.91 Å². The molecule has 2 aliphatic heterocycles. The van der Waals surface area contributed by atoms with Gasteiger partial charge in [-0.15, -0.1) is 11.3 Å². The van der Waals surface area contributed by atoms with Gasteiger partial charge in [0, 0.05) is 43.3 Å². The van der Waals surface area contributed by atoms with Crippen LogP contribution in [0.4, 0.5) is 0 Å². The molecule has 0 radical (unpaired) electrons. The van der Waals surface area contributed by atoms with Gasteiger partial charge >= 0.3 is 0 Å². The Morgan fingerprint density at radius 2 is 2.04 bits per heavy atom. The molecule has 0 aliphatic carbocycles. The first-order valence-corrected chi connectivity index (χ1v) is 9.46. The van der Waals surface area contributed by atoms with Crippen LogP contribution in [0.5, 0.6) is 0 Å². The lowest BCUT2D eigenvalue weighted by Gasteiger charge is -2.37. The maximum atomic E-state index is 12.6. The number of amides is 1. The van der Waals surface area contributed by atoms with E-state index < -0.39 is 0 Å². The number of piperidine rings is 1. The fourth-order valence-corrected chi connectivity index (χ4v) is 5.02. The molecule has 2 fully saturated rings. The second-order valence-corrected chi connectivity index (χ2v) is 8.18. The molecule has 2 saturated heterocycles. The number of likely N-dealkylation sites (tertiary alicyclic amines) is 2. The summed E-state index contributed by atoms with van der Waals surface area (Å²) in [5.74, 6) is 0.352. The molecule has 2 aromatic rings. The van der Waals surface area contributed by atoms with Crippen molar-refractivity contribution >= 4 is 17.2 Å². The molecule has 1 atom stereocenters. The molecule has 4 nitrogen and oxygen atoms in total. The molecule has 3 heterocycles. The van der Waals surface area contributed by atoms with Crippen molar-refractivity contribution in [2.24, 2.45) is 5.41 Å². The van der Waals surface area contributed by atoms with E-state index in [1.807, 2.05) is 36.3 Å². The third kappa shape index (κ3) is 2.87. The van der Waals surface area contributed by atoms with Gasteiger partial charge in [0.15, 0.2) is 0 Å². The maximum absolute atomic E-state index is 12.6. The van der Waals surface area contributed by atoms with Crippen molar-refractivity contribution in [1.29, 1.82) is 0 Å². The summed E-state index contributed by atoms with van der Waals surface area (Å²) < 4.78 is 0. The number of rotatable bonds is 3. The molecule has 0 saturated carbocycles. The molecule has 1 aromatic carbocycles. The Kier molecular flexibility index (Phi) is 4.14. The zero-order chi connectivity index (χ0) is 16.6. The highest BCUT2D eigenvalue weighted by Gasteiger charge is 2.47. The van der Waals surface area contributed by atoms with E-state index in [0.29, 0.717) is 5.91 Å². The van der Waals surface area contributed by atoms with Crippen LogP contribution >= 0.6 is 11.3 Å². The zero-order valence-electron chi connectivity index (χ0n) is 14.1. The number of nitrogens with zero attached hydrogens (tertiary/aromatic N) is 3. The Bertz CT molecular complexity index is 729. The molecule has 1 spiro atoms. The lowest BCUT2D eigenvalue weighted by Crippen LogP contribution is -2.48. The third-order valence-electron chi connectivity index (χ3n) is 5.34. The van der Waals surface area contributed by atoms with Gasteiger partial charge in [-0.1, -0.05) is 30.3 Å². The Hall–Kier alpha value is -1.72. The molecular formula is C19H23N3OS. The average molecular weight is 341 g/mol. The monoisotopic (exact) mass is 341 g/mol. The molecule has 24 heavy (non-hydrogen) atoms. The fourth-order valence-electron chi connectivity index (χ4n) is 4.06. The van der Waals surface area contributed by atoms with Gasteiger partial charge in [0.25, 0.3) is 0 Å². The maximum Gasteiger partial charge on any atom is 0.229 e. The van der Waals surface area contributed by atoms with Gasteiger partial charge in [-0.05, 0) is 25.8 Å². The molecule has 126 valence electrons. The first-order valence-electron chi connectivity index (χ1n) is 8.64. The van der Waals surface area contributed by atoms with E-state index in [4.69, 9.17) is 0 Å². The van der Waals surface area contributed by atoms with Gasteiger partial charge in [-0.2, -0.15) is 0 Å². The highest BCUT2D eigenvalue weighted by molar-refractivity contribution is 7.15. The predicted molar refractivity (Wildman–Crippen MR) is 96.7 cm³/mol. The number of thiazole rings is 1. The normalized spacial score (nSPS) is 24.9. The van der Waals surface area contributed by atoms with Crippen LogP contribution in [0.2, 0.25) is 0 Å². The van der Waals surface area contributed by atoms with E-state index in [-0.39, 0.29) is 5.41 Å². The van der Waals surface area contributed by atoms with Gasteiger partial charge in [-0.25, -0.2) is 4.98 Å². The Morgan fingerprint density at radius 1 is 1.21 bits per heavy atom. The van der Waals surface area contributed by atoms with Crippen LogP contribution in [0.3, 0.4) is 0 Å². The number of hydrogen-bond donors (Lipinski definition) is 0. The van der Waals surface area contributed by atoms with Crippen LogP contribution in [0.15, 0.2) is 36.5 Å². The predicted octanol–water partition coefficient (Wildman–Crippen LogP) is 3.25. The van der Waals surface area contributed by atoms with Gasteiger partial charge in [0.05, 0.1) is 5.41 Å². The molecule has 0 bridgehead atoms. The molecular weight excluding hydrogens is 318 g/mol. The number of hydrogen-bond acceptors (Lipinski definition) is 4. The molecule has 5 heteroatoms. The molecule has 1 amide bonds. The fraction of sp³-hybridized carbons (Fsp3) is 0.474. The largest absolute Gasteiger partial charge is 0.345 e. The number of benzene rings is 1. The second kappa shape index (κ2) is 6.30. The van der Waals surface area contributed by atoms with E-state index in [9.17, 15) is 4.79 Å². The van der Waals surface area contributed by atoms with Crippen molar-refractivity contribution in [2.45, 2.75) is 25.8 Å². The summed E-state index contributed by atoms with van der Waals surface area (Å²) in [6, 6.07) is 10.3. The van der Waals surface area contributed by atoms with E-state index in [0.717, 1.165) is 50.4 Å². The standard InChI is InChI=1S/C19H23N3OS/c1-21-10-5-8-19(18(21)23)9-11-22(14-19)13-16-12-20-17(24-16)15-6-3-2-4-7-15/h2-4,6-7,12H,5,8-11,13-14H2,1H3. The number of aromatic nitrogens is 1. The number of carbonyl (C=O) groups excluding carboxylic acids is 1. The topological polar surface area (TPSA) is 36.4 Å². The quantitative estimate of drug-likeness (QED) is 0.860. The minimum Gasteiger partial charge on any atom is -0.345 e. The lowest BCUT2D eigenvalue weighted by molar-refractivity contribution is -0.143. The summed E-state index contributed by atoms with van der Waals surface area (Å²) in [7, 11) is 1.95. The van der Waals surface area contributed by atoms with Crippen LogP contribution in [0.1, 0.15) is 24.1 Å². The molecule has 2 aliphatic rings. The minimum absolute atomic E-state index is 0.125. The van der Waals surface area contributed by atoms with Gasteiger partial charge in [-0.3, -0.25) is 9.69 Å². The summed E-state index contributed by atoms with van der Waals surface area (Å²) in [6.45, 7) is 3.73. The van der Waals surface area contributed by atoms with Crippen LogP contribution < -0.4 is 0 Å². The summed E-state index contributed by atoms with van der Waals surface area (Å²) in [5, 5.41) is 1.08. The lowest BCUT2D eigenvalue weighted by atomic mass is 9.78. The first-order chi connectivity index (χ1) is 11.7. The van der Waals surface area contributed by atoms with Crippen molar-refractivity contribution in [3.05, 3.63) is 41.4 Å². The van der Waals surface area contributed by atoms with Crippen LogP contribution in [-0.4, -0.2) is 47.4 Å². The van der Waals surface area contributed by atoms with Gasteiger partial charge < -0.3 is 4.90 Å². The zero-order valence-corrected chi connectivity index (χ0v) is 14.9. The summed E-state index contributed by atoms with van der Waals surface area (Å²) in [4.78, 5) is 22.8. The van der Waals surface area contributed by atoms with Crippen LogP contribution in [0.25, 0.3) is 10.6 Å². The summed E-state index contributed by atoms with van der Waals surface area (Å²) in [6.07, 6.45) is 5.17. The number of carbonyl (C=O) groups is 1. The molecule has 1 unspecified atom stereocenters. The molecule has 4 rings (SSSR count). The third-order valence-corrected chi connectivity index (χ3v) is 6.37. The summed E-state index contributed by atoms with van der Waals surface area (Å²) in [5.41, 5.74) is 1.05. The SMILES string of the molecule is CN1CCCC2(CCN(Cc3cnc(-c4ccccc4)s3)C2)C1=O. The average Bonchev–Trinajstić information content (AvgIpc) is 3.22. The minimum atomic E-state index is -0.125. The van der Waals surface area contributed by atoms with Crippen molar-refractivity contribution in [1.82, 2.24) is 14.8 Å². The van der Waals surface area contributed by atoms with E-state index in [1.54, 1.807) is 11.3 Å². The van der Waals surface area contributed by atoms with Crippen molar-refractivity contribution in [3.8, 4) is 10.6 Å². The Labute approximate surface area is 147 Å². The second-order valence-electron chi connectivity index (χ2n) is 7.07.